The molecule has 0 bridgehead atoms. The third-order valence-electron chi connectivity index (χ3n) is 3.04. The van der Waals surface area contributed by atoms with Gasteiger partial charge in [-0.3, -0.25) is 9.69 Å². The number of aliphatic hydroxyl groups excluding tert-OH is 1. The number of pyridine rings is 1. The van der Waals surface area contributed by atoms with Gasteiger partial charge in [0.2, 0.25) is 0 Å². The van der Waals surface area contributed by atoms with E-state index in [9.17, 15) is 9.90 Å². The summed E-state index contributed by atoms with van der Waals surface area (Å²) in [5.74, 6) is 0. The number of nitrogens with zero attached hydrogens (tertiary/aromatic N) is 2. The van der Waals surface area contributed by atoms with Crippen LogP contribution >= 0.6 is 0 Å². The molecule has 1 aliphatic heterocycles. The van der Waals surface area contributed by atoms with E-state index in [2.05, 4.69) is 4.90 Å². The third kappa shape index (κ3) is 2.93. The van der Waals surface area contributed by atoms with Gasteiger partial charge in [-0.2, -0.15) is 0 Å². The number of hydrogen-bond acceptors (Lipinski definition) is 3. The highest BCUT2D eigenvalue weighted by Gasteiger charge is 2.16. The van der Waals surface area contributed by atoms with Crippen molar-refractivity contribution in [2.45, 2.75) is 25.5 Å². The minimum atomic E-state index is -0.193. The number of rotatable bonds is 3. The van der Waals surface area contributed by atoms with Crippen LogP contribution in [0.5, 0.6) is 0 Å². The van der Waals surface area contributed by atoms with Crippen molar-refractivity contribution >= 4 is 0 Å². The number of piperidine rings is 1. The molecule has 1 fully saturated rings. The van der Waals surface area contributed by atoms with Crippen molar-refractivity contribution in [2.24, 2.45) is 0 Å². The molecular formula is C12H18N2O2. The van der Waals surface area contributed by atoms with E-state index in [4.69, 9.17) is 0 Å². The molecule has 2 heterocycles. The highest BCUT2D eigenvalue weighted by atomic mass is 16.3. The molecule has 0 unspecified atom stereocenters. The third-order valence-corrected chi connectivity index (χ3v) is 3.04. The minimum Gasteiger partial charge on any atom is -0.392 e. The zero-order valence-electron chi connectivity index (χ0n) is 9.38. The van der Waals surface area contributed by atoms with Gasteiger partial charge in [-0.05, 0) is 25.5 Å². The van der Waals surface area contributed by atoms with Gasteiger partial charge < -0.3 is 9.67 Å². The van der Waals surface area contributed by atoms with Gasteiger partial charge in [-0.25, -0.2) is 0 Å². The molecule has 1 aliphatic rings. The van der Waals surface area contributed by atoms with Crippen LogP contribution < -0.4 is 5.56 Å². The molecule has 4 nitrogen and oxygen atoms in total. The Bertz CT molecular complexity index is 389. The average molecular weight is 222 g/mol. The zero-order valence-corrected chi connectivity index (χ0v) is 9.38. The molecule has 1 N–H and O–H groups in total. The van der Waals surface area contributed by atoms with E-state index < -0.39 is 0 Å². The van der Waals surface area contributed by atoms with Crippen LogP contribution in [-0.4, -0.2) is 40.3 Å². The number of aliphatic hydroxyl groups is 1. The van der Waals surface area contributed by atoms with Gasteiger partial charge in [-0.15, -0.1) is 0 Å². The largest absolute Gasteiger partial charge is 0.392 e. The van der Waals surface area contributed by atoms with Gasteiger partial charge in [0.1, 0.15) is 0 Å². The fourth-order valence-corrected chi connectivity index (χ4v) is 2.13. The van der Waals surface area contributed by atoms with Crippen LogP contribution in [0.15, 0.2) is 29.2 Å². The Hall–Kier alpha value is -1.13. The number of aromatic nitrogens is 1. The number of likely N-dealkylation sites (tertiary alicyclic amines) is 1. The quantitative estimate of drug-likeness (QED) is 0.800. The maximum absolute atomic E-state index is 11.5. The maximum Gasteiger partial charge on any atom is 0.250 e. The van der Waals surface area contributed by atoms with E-state index in [0.29, 0.717) is 6.54 Å². The van der Waals surface area contributed by atoms with Crippen LogP contribution in [0, 0.1) is 0 Å². The SMILES string of the molecule is O=c1ccccn1CCN1CCC[C@H](O)C1. The van der Waals surface area contributed by atoms with Crippen LogP contribution in [0.1, 0.15) is 12.8 Å². The molecule has 1 saturated heterocycles. The van der Waals surface area contributed by atoms with Crippen molar-refractivity contribution < 1.29 is 5.11 Å². The summed E-state index contributed by atoms with van der Waals surface area (Å²) in [6.45, 7) is 3.30. The summed E-state index contributed by atoms with van der Waals surface area (Å²) in [6.07, 6.45) is 3.57. The van der Waals surface area contributed by atoms with Gasteiger partial charge in [0.05, 0.1) is 6.10 Å². The molecule has 1 aromatic heterocycles. The van der Waals surface area contributed by atoms with Crippen molar-refractivity contribution in [3.8, 4) is 0 Å². The predicted molar refractivity (Wildman–Crippen MR) is 62.4 cm³/mol. The Labute approximate surface area is 95.1 Å². The monoisotopic (exact) mass is 222 g/mol. The second kappa shape index (κ2) is 5.27. The maximum atomic E-state index is 11.5. The highest BCUT2D eigenvalue weighted by molar-refractivity contribution is 4.93. The van der Waals surface area contributed by atoms with Crippen LogP contribution in [0.3, 0.4) is 0 Å². The first kappa shape index (κ1) is 11.4. The van der Waals surface area contributed by atoms with E-state index >= 15 is 0 Å². The van der Waals surface area contributed by atoms with Gasteiger partial charge in [-0.1, -0.05) is 6.07 Å². The first-order chi connectivity index (χ1) is 7.75. The Morgan fingerprint density at radius 2 is 2.25 bits per heavy atom. The fraction of sp³-hybridized carbons (Fsp3) is 0.583. The Balaban J connectivity index is 1.87. The van der Waals surface area contributed by atoms with Crippen molar-refractivity contribution in [2.75, 3.05) is 19.6 Å². The average Bonchev–Trinajstić information content (AvgIpc) is 2.28. The van der Waals surface area contributed by atoms with Crippen molar-refractivity contribution in [3.05, 3.63) is 34.7 Å². The number of hydrogen-bond donors (Lipinski definition) is 1. The van der Waals surface area contributed by atoms with E-state index in [-0.39, 0.29) is 11.7 Å². The predicted octanol–water partition coefficient (Wildman–Crippen LogP) is 0.305. The second-order valence-corrected chi connectivity index (χ2v) is 4.33. The summed E-state index contributed by atoms with van der Waals surface area (Å²) in [4.78, 5) is 13.7. The second-order valence-electron chi connectivity index (χ2n) is 4.33. The Morgan fingerprint density at radius 3 is 3.00 bits per heavy atom. The molecule has 0 radical (unpaired) electrons. The lowest BCUT2D eigenvalue weighted by molar-refractivity contribution is 0.0688. The van der Waals surface area contributed by atoms with E-state index in [1.54, 1.807) is 16.7 Å². The summed E-state index contributed by atoms with van der Waals surface area (Å²) in [6, 6.07) is 5.20. The van der Waals surface area contributed by atoms with Crippen LogP contribution in [0.25, 0.3) is 0 Å². The fourth-order valence-electron chi connectivity index (χ4n) is 2.13. The summed E-state index contributed by atoms with van der Waals surface area (Å²) in [7, 11) is 0. The molecule has 1 aromatic rings. The molecule has 0 aliphatic carbocycles. The van der Waals surface area contributed by atoms with E-state index in [1.165, 1.54) is 0 Å². The number of β-amino-alcohol motifs (C(OH)–C–C–N with tert-alkyl or cyclic N) is 1. The van der Waals surface area contributed by atoms with Crippen molar-refractivity contribution in [1.82, 2.24) is 9.47 Å². The van der Waals surface area contributed by atoms with E-state index in [1.807, 2.05) is 12.3 Å². The summed E-state index contributed by atoms with van der Waals surface area (Å²) in [5.41, 5.74) is 0.0417. The molecule has 4 heteroatoms. The molecule has 16 heavy (non-hydrogen) atoms. The van der Waals surface area contributed by atoms with Crippen LogP contribution in [-0.2, 0) is 6.54 Å². The lowest BCUT2D eigenvalue weighted by Gasteiger charge is -2.29. The smallest absolute Gasteiger partial charge is 0.250 e. The van der Waals surface area contributed by atoms with E-state index in [0.717, 1.165) is 32.5 Å². The summed E-state index contributed by atoms with van der Waals surface area (Å²) < 4.78 is 1.71. The van der Waals surface area contributed by atoms with Crippen LogP contribution in [0.2, 0.25) is 0 Å². The molecule has 2 rings (SSSR count). The van der Waals surface area contributed by atoms with Gasteiger partial charge >= 0.3 is 0 Å². The lowest BCUT2D eigenvalue weighted by atomic mass is 10.1. The normalized spacial score (nSPS) is 22.2. The lowest BCUT2D eigenvalue weighted by Crippen LogP contribution is -2.40. The molecule has 88 valence electrons. The van der Waals surface area contributed by atoms with Crippen molar-refractivity contribution in [1.29, 1.82) is 0 Å². The topological polar surface area (TPSA) is 45.5 Å². The first-order valence-electron chi connectivity index (χ1n) is 5.81. The molecular weight excluding hydrogens is 204 g/mol. The molecule has 0 aromatic carbocycles. The molecule has 1 atom stereocenters. The minimum absolute atomic E-state index is 0.0417. The summed E-state index contributed by atoms with van der Waals surface area (Å²) >= 11 is 0. The molecule has 0 amide bonds. The Morgan fingerprint density at radius 1 is 1.38 bits per heavy atom. The first-order valence-corrected chi connectivity index (χ1v) is 5.81. The highest BCUT2D eigenvalue weighted by Crippen LogP contribution is 2.09. The van der Waals surface area contributed by atoms with Crippen molar-refractivity contribution in [3.63, 3.8) is 0 Å². The summed E-state index contributed by atoms with van der Waals surface area (Å²) in [5, 5.41) is 9.52. The zero-order chi connectivity index (χ0) is 11.4. The van der Waals surface area contributed by atoms with Gasteiger partial charge in [0.25, 0.3) is 5.56 Å². The Kier molecular flexibility index (Phi) is 3.74. The molecule has 0 spiro atoms. The van der Waals surface area contributed by atoms with Gasteiger partial charge in [0.15, 0.2) is 0 Å². The van der Waals surface area contributed by atoms with Crippen LogP contribution in [0.4, 0.5) is 0 Å². The van der Waals surface area contributed by atoms with Gasteiger partial charge in [0, 0.05) is 31.9 Å². The standard InChI is InChI=1S/C12H18N2O2/c15-11-4-3-6-13(10-11)8-9-14-7-2-1-5-12(14)16/h1-2,5,7,11,15H,3-4,6,8-10H2/t11-/m0/s1. The molecule has 0 saturated carbocycles.